The Hall–Kier alpha value is -0.260. The highest BCUT2D eigenvalue weighted by atomic mass is 79.9. The van der Waals surface area contributed by atoms with E-state index in [0.29, 0.717) is 0 Å². The van der Waals surface area contributed by atoms with Crippen LogP contribution in [0.2, 0.25) is 0 Å². The lowest BCUT2D eigenvalue weighted by Gasteiger charge is -2.17. The summed E-state index contributed by atoms with van der Waals surface area (Å²) in [6, 6.07) is 0. The molecule has 17 heavy (non-hydrogen) atoms. The van der Waals surface area contributed by atoms with E-state index in [9.17, 15) is 8.42 Å². The van der Waals surface area contributed by atoms with Crippen LogP contribution in [0.4, 0.5) is 0 Å². The molecule has 3 nitrogen and oxygen atoms in total. The molecule has 0 bridgehead atoms. The first kappa shape index (κ1) is 14.8. The molecule has 0 aliphatic carbocycles. The van der Waals surface area contributed by atoms with Crippen molar-refractivity contribution in [2.75, 3.05) is 7.11 Å². The highest BCUT2D eigenvalue weighted by Crippen LogP contribution is 2.37. The van der Waals surface area contributed by atoms with Crippen LogP contribution >= 0.6 is 26.6 Å². The van der Waals surface area contributed by atoms with Gasteiger partial charge < -0.3 is 4.74 Å². The summed E-state index contributed by atoms with van der Waals surface area (Å²) in [4.78, 5) is 0. The van der Waals surface area contributed by atoms with Crippen LogP contribution in [0.25, 0.3) is 0 Å². The van der Waals surface area contributed by atoms with Gasteiger partial charge in [0.2, 0.25) is 9.05 Å². The molecule has 1 rings (SSSR count). The second kappa shape index (κ2) is 5.16. The van der Waals surface area contributed by atoms with Crippen LogP contribution in [-0.4, -0.2) is 15.5 Å². The van der Waals surface area contributed by atoms with Crippen LogP contribution in [0.1, 0.15) is 22.3 Å². The van der Waals surface area contributed by atoms with Gasteiger partial charge in [-0.1, -0.05) is 0 Å². The third-order valence-electron chi connectivity index (χ3n) is 2.86. The van der Waals surface area contributed by atoms with E-state index in [1.54, 1.807) is 7.11 Å². The zero-order valence-electron chi connectivity index (χ0n) is 10.1. The highest BCUT2D eigenvalue weighted by Gasteiger charge is 2.19. The first-order valence-electron chi connectivity index (χ1n) is 4.93. The second-order valence-electron chi connectivity index (χ2n) is 3.88. The summed E-state index contributed by atoms with van der Waals surface area (Å²) in [6.07, 6.45) is 0. The fourth-order valence-corrected chi connectivity index (χ4v) is 3.58. The van der Waals surface area contributed by atoms with Gasteiger partial charge in [0, 0.05) is 10.7 Å². The molecule has 0 N–H and O–H groups in total. The van der Waals surface area contributed by atoms with Gasteiger partial charge in [-0.05, 0) is 59.0 Å². The average Bonchev–Trinajstić information content (AvgIpc) is 2.21. The Bertz CT molecular complexity index is 523. The van der Waals surface area contributed by atoms with E-state index >= 15 is 0 Å². The lowest BCUT2D eigenvalue weighted by atomic mass is 9.98. The van der Waals surface area contributed by atoms with Gasteiger partial charge in [-0.3, -0.25) is 0 Å². The monoisotopic (exact) mass is 340 g/mol. The zero-order chi connectivity index (χ0) is 13.4. The molecule has 0 fully saturated rings. The lowest BCUT2D eigenvalue weighted by Crippen LogP contribution is -2.05. The Morgan fingerprint density at radius 3 is 2.12 bits per heavy atom. The number of hydrogen-bond donors (Lipinski definition) is 0. The minimum Gasteiger partial charge on any atom is -0.495 e. The molecule has 0 saturated carbocycles. The summed E-state index contributed by atoms with van der Waals surface area (Å²) in [5.74, 6) is 0.561. The van der Waals surface area contributed by atoms with Gasteiger partial charge in [-0.15, -0.1) is 0 Å². The third-order valence-corrected chi connectivity index (χ3v) is 4.77. The van der Waals surface area contributed by atoms with Crippen molar-refractivity contribution in [2.45, 2.75) is 26.5 Å². The molecule has 0 atom stereocenters. The molecule has 0 spiro atoms. The highest BCUT2D eigenvalue weighted by molar-refractivity contribution is 9.10. The first-order chi connectivity index (χ1) is 7.69. The van der Waals surface area contributed by atoms with Crippen LogP contribution < -0.4 is 4.74 Å². The minimum absolute atomic E-state index is 0.171. The van der Waals surface area contributed by atoms with Crippen LogP contribution in [0.5, 0.6) is 5.75 Å². The van der Waals surface area contributed by atoms with Crippen LogP contribution in [0.3, 0.4) is 0 Å². The van der Waals surface area contributed by atoms with E-state index in [0.717, 1.165) is 32.5 Å². The standard InChI is InChI=1S/C11H14BrClO3S/c1-6-7(2)11(16-4)10(12)8(3)9(6)5-17(13,14)15/h5H2,1-4H3. The predicted molar refractivity (Wildman–Crippen MR) is 73.4 cm³/mol. The summed E-state index contributed by atoms with van der Waals surface area (Å²) in [5.41, 5.74) is 3.38. The van der Waals surface area contributed by atoms with Crippen LogP contribution in [-0.2, 0) is 14.8 Å². The van der Waals surface area contributed by atoms with Gasteiger partial charge in [0.15, 0.2) is 0 Å². The van der Waals surface area contributed by atoms with Crippen LogP contribution in [0.15, 0.2) is 4.47 Å². The van der Waals surface area contributed by atoms with E-state index in [4.69, 9.17) is 15.4 Å². The Labute approximate surface area is 115 Å². The molecule has 0 unspecified atom stereocenters. The number of rotatable bonds is 3. The van der Waals surface area contributed by atoms with Gasteiger partial charge in [0.25, 0.3) is 0 Å². The largest absolute Gasteiger partial charge is 0.495 e. The Kier molecular flexibility index (Phi) is 4.49. The number of halogens is 2. The van der Waals surface area contributed by atoms with Gasteiger partial charge in [-0.2, -0.15) is 0 Å². The zero-order valence-corrected chi connectivity index (χ0v) is 13.3. The van der Waals surface area contributed by atoms with Gasteiger partial charge in [0.05, 0.1) is 17.3 Å². The molecular weight excluding hydrogens is 328 g/mol. The van der Waals surface area contributed by atoms with E-state index in [1.165, 1.54) is 0 Å². The summed E-state index contributed by atoms with van der Waals surface area (Å²) >= 11 is 3.42. The van der Waals surface area contributed by atoms with Crippen molar-refractivity contribution in [2.24, 2.45) is 0 Å². The second-order valence-corrected chi connectivity index (χ2v) is 7.45. The van der Waals surface area contributed by atoms with Crippen molar-refractivity contribution >= 4 is 35.7 Å². The summed E-state index contributed by atoms with van der Waals surface area (Å²) < 4.78 is 28.5. The maximum absolute atomic E-state index is 11.2. The molecule has 0 heterocycles. The SMILES string of the molecule is COc1c(C)c(C)c(CS(=O)(=O)Cl)c(C)c1Br. The lowest BCUT2D eigenvalue weighted by molar-refractivity contribution is 0.408. The quantitative estimate of drug-likeness (QED) is 0.791. The molecule has 0 aliphatic heterocycles. The molecule has 0 aromatic heterocycles. The topological polar surface area (TPSA) is 43.4 Å². The molecule has 1 aromatic rings. The molecule has 1 aromatic carbocycles. The van der Waals surface area contributed by atoms with Gasteiger partial charge in [0.1, 0.15) is 5.75 Å². The van der Waals surface area contributed by atoms with Crippen molar-refractivity contribution in [3.63, 3.8) is 0 Å². The summed E-state index contributed by atoms with van der Waals surface area (Å²) in [5, 5.41) is 0. The summed E-state index contributed by atoms with van der Waals surface area (Å²) in [6.45, 7) is 5.61. The van der Waals surface area contributed by atoms with E-state index in [2.05, 4.69) is 15.9 Å². The molecular formula is C11H14BrClO3S. The van der Waals surface area contributed by atoms with Crippen molar-refractivity contribution < 1.29 is 13.2 Å². The Morgan fingerprint density at radius 1 is 1.18 bits per heavy atom. The Morgan fingerprint density at radius 2 is 1.71 bits per heavy atom. The number of benzene rings is 1. The maximum atomic E-state index is 11.2. The van der Waals surface area contributed by atoms with Crippen molar-refractivity contribution in [1.82, 2.24) is 0 Å². The minimum atomic E-state index is -3.56. The number of hydrogen-bond acceptors (Lipinski definition) is 3. The van der Waals surface area contributed by atoms with Crippen molar-refractivity contribution in [1.29, 1.82) is 0 Å². The molecule has 0 saturated heterocycles. The third kappa shape index (κ3) is 3.14. The maximum Gasteiger partial charge on any atom is 0.236 e. The van der Waals surface area contributed by atoms with Gasteiger partial charge >= 0.3 is 0 Å². The first-order valence-corrected chi connectivity index (χ1v) is 8.20. The summed E-state index contributed by atoms with van der Waals surface area (Å²) in [7, 11) is 3.34. The normalized spacial score (nSPS) is 11.6. The van der Waals surface area contributed by atoms with Crippen LogP contribution in [0, 0.1) is 20.8 Å². The fourth-order valence-electron chi connectivity index (χ4n) is 1.78. The predicted octanol–water partition coefficient (Wildman–Crippen LogP) is 3.45. The average molecular weight is 342 g/mol. The smallest absolute Gasteiger partial charge is 0.236 e. The number of methoxy groups -OCH3 is 1. The van der Waals surface area contributed by atoms with E-state index in [1.807, 2.05) is 20.8 Å². The molecule has 0 radical (unpaired) electrons. The Balaban J connectivity index is 3.53. The fraction of sp³-hybridized carbons (Fsp3) is 0.455. The molecule has 96 valence electrons. The van der Waals surface area contributed by atoms with Crippen molar-refractivity contribution in [3.05, 3.63) is 26.7 Å². The van der Waals surface area contributed by atoms with E-state index in [-0.39, 0.29) is 5.75 Å². The number of ether oxygens (including phenoxy) is 1. The molecule has 6 heteroatoms. The van der Waals surface area contributed by atoms with E-state index < -0.39 is 9.05 Å². The molecule has 0 amide bonds. The van der Waals surface area contributed by atoms with Gasteiger partial charge in [-0.25, -0.2) is 8.42 Å². The molecule has 0 aliphatic rings. The van der Waals surface area contributed by atoms with Crippen molar-refractivity contribution in [3.8, 4) is 5.75 Å².